The van der Waals surface area contributed by atoms with Gasteiger partial charge in [-0.1, -0.05) is 29.2 Å². The number of oxime groups is 1. The third kappa shape index (κ3) is 6.88. The number of carbonyl (C=O) groups is 1. The zero-order valence-electron chi connectivity index (χ0n) is 16.0. The molecule has 1 aromatic heterocycles. The zero-order chi connectivity index (χ0) is 21.2. The Labute approximate surface area is 177 Å². The van der Waals surface area contributed by atoms with Crippen LogP contribution in [0.1, 0.15) is 37.2 Å². The number of unbranched alkanes of at least 4 members (excludes halogenated alkanes) is 1. The van der Waals surface area contributed by atoms with Crippen molar-refractivity contribution in [2.24, 2.45) is 10.9 Å². The number of hydrogen-bond donors (Lipinski definition) is 3. The van der Waals surface area contributed by atoms with Crippen molar-refractivity contribution in [2.45, 2.75) is 36.5 Å². The maximum Gasteiger partial charge on any atom is 0.233 e. The minimum Gasteiger partial charge on any atom is -0.411 e. The Morgan fingerprint density at radius 2 is 2.17 bits per heavy atom. The summed E-state index contributed by atoms with van der Waals surface area (Å²) >= 11 is 6.27. The number of amides is 1. The number of nitrogens with one attached hydrogen (secondary N) is 1. The Bertz CT molecular complexity index is 879. The fraction of sp³-hybridized carbons (Fsp3) is 0.368. The first-order valence-corrected chi connectivity index (χ1v) is 11.0. The van der Waals surface area contributed by atoms with Gasteiger partial charge in [0.05, 0.1) is 38.5 Å². The molecule has 2 atom stereocenters. The molecule has 0 saturated carbocycles. The van der Waals surface area contributed by atoms with E-state index in [1.807, 2.05) is 0 Å². The molecule has 29 heavy (non-hydrogen) atoms. The number of anilines is 1. The van der Waals surface area contributed by atoms with Crippen molar-refractivity contribution in [3.05, 3.63) is 47.4 Å². The van der Waals surface area contributed by atoms with Gasteiger partial charge >= 0.3 is 0 Å². The van der Waals surface area contributed by atoms with Gasteiger partial charge in [-0.2, -0.15) is 0 Å². The molecule has 0 spiro atoms. The van der Waals surface area contributed by atoms with E-state index in [0.717, 1.165) is 12.0 Å². The molecule has 10 heteroatoms. The predicted molar refractivity (Wildman–Crippen MR) is 114 cm³/mol. The highest BCUT2D eigenvalue weighted by atomic mass is 35.5. The summed E-state index contributed by atoms with van der Waals surface area (Å²) in [5.41, 5.74) is 6.74. The van der Waals surface area contributed by atoms with Crippen molar-refractivity contribution < 1.29 is 14.2 Å². The molecule has 2 unspecified atom stereocenters. The lowest BCUT2D eigenvalue weighted by atomic mass is 9.92. The smallest absolute Gasteiger partial charge is 0.233 e. The molecule has 0 bridgehead atoms. The van der Waals surface area contributed by atoms with E-state index in [1.54, 1.807) is 24.5 Å². The molecule has 156 valence electrons. The second kappa shape index (κ2) is 11.6. The summed E-state index contributed by atoms with van der Waals surface area (Å²) in [6, 6.07) is 5.13. The highest BCUT2D eigenvalue weighted by Gasteiger charge is 2.22. The number of carbonyl (C=O) groups excluding carboxylic acids is 1. The van der Waals surface area contributed by atoms with Gasteiger partial charge < -0.3 is 16.3 Å². The number of rotatable bonds is 10. The molecule has 0 fully saturated rings. The van der Waals surface area contributed by atoms with E-state index in [0.29, 0.717) is 40.7 Å². The SMILES string of the molecule is CS(=O)c1ccc(C(CCCC/C(CN)=N/O)C(=O)Nc2cnccn2)cc1Cl. The molecule has 1 heterocycles. The number of benzene rings is 1. The van der Waals surface area contributed by atoms with Crippen molar-refractivity contribution in [1.82, 2.24) is 9.97 Å². The Morgan fingerprint density at radius 3 is 2.76 bits per heavy atom. The van der Waals surface area contributed by atoms with E-state index in [4.69, 9.17) is 22.5 Å². The molecule has 0 aliphatic heterocycles. The molecule has 0 aliphatic rings. The summed E-state index contributed by atoms with van der Waals surface area (Å²) in [7, 11) is -1.22. The molecular weight excluding hydrogens is 414 g/mol. The number of aromatic nitrogens is 2. The molecular formula is C19H24ClN5O3S. The predicted octanol–water partition coefficient (Wildman–Crippen LogP) is 2.94. The van der Waals surface area contributed by atoms with Gasteiger partial charge in [-0.3, -0.25) is 14.0 Å². The van der Waals surface area contributed by atoms with E-state index in [2.05, 4.69) is 20.4 Å². The van der Waals surface area contributed by atoms with Crippen LogP contribution in [0.2, 0.25) is 5.02 Å². The van der Waals surface area contributed by atoms with Crippen molar-refractivity contribution in [1.29, 1.82) is 0 Å². The van der Waals surface area contributed by atoms with E-state index in [-0.39, 0.29) is 12.5 Å². The van der Waals surface area contributed by atoms with Crippen LogP contribution in [-0.2, 0) is 15.6 Å². The van der Waals surface area contributed by atoms with Gasteiger partial charge in [0, 0.05) is 25.2 Å². The van der Waals surface area contributed by atoms with Gasteiger partial charge in [0.25, 0.3) is 0 Å². The van der Waals surface area contributed by atoms with Crippen LogP contribution in [0, 0.1) is 0 Å². The monoisotopic (exact) mass is 437 g/mol. The summed E-state index contributed by atoms with van der Waals surface area (Å²) in [4.78, 5) is 21.5. The molecule has 2 aromatic rings. The van der Waals surface area contributed by atoms with Gasteiger partial charge in [0.2, 0.25) is 5.91 Å². The maximum atomic E-state index is 12.9. The average molecular weight is 438 g/mol. The van der Waals surface area contributed by atoms with Crippen LogP contribution in [0.25, 0.3) is 0 Å². The van der Waals surface area contributed by atoms with Crippen LogP contribution in [0.3, 0.4) is 0 Å². The molecule has 0 saturated heterocycles. The second-order valence-electron chi connectivity index (χ2n) is 6.39. The quantitative estimate of drug-likeness (QED) is 0.226. The largest absolute Gasteiger partial charge is 0.411 e. The van der Waals surface area contributed by atoms with E-state index < -0.39 is 16.7 Å². The molecule has 0 aliphatic carbocycles. The number of nitrogens with two attached hydrogens (primary N) is 1. The van der Waals surface area contributed by atoms with Gasteiger partial charge in [0.15, 0.2) is 5.82 Å². The molecule has 0 radical (unpaired) electrons. The average Bonchev–Trinajstić information content (AvgIpc) is 2.71. The molecule has 2 rings (SSSR count). The Morgan fingerprint density at radius 1 is 1.38 bits per heavy atom. The van der Waals surface area contributed by atoms with Gasteiger partial charge in [-0.05, 0) is 37.0 Å². The minimum atomic E-state index is -1.22. The van der Waals surface area contributed by atoms with E-state index in [1.165, 1.54) is 18.6 Å². The van der Waals surface area contributed by atoms with Crippen LogP contribution >= 0.6 is 11.6 Å². The van der Waals surface area contributed by atoms with Crippen LogP contribution in [0.5, 0.6) is 0 Å². The number of hydrogen-bond acceptors (Lipinski definition) is 7. The van der Waals surface area contributed by atoms with Crippen molar-refractivity contribution in [3.63, 3.8) is 0 Å². The van der Waals surface area contributed by atoms with Crippen LogP contribution in [-0.4, -0.2) is 43.8 Å². The normalized spacial score (nSPS) is 13.7. The number of nitrogens with zero attached hydrogens (tertiary/aromatic N) is 3. The zero-order valence-corrected chi connectivity index (χ0v) is 17.6. The van der Waals surface area contributed by atoms with Crippen molar-refractivity contribution >= 4 is 39.8 Å². The first-order chi connectivity index (χ1) is 14.0. The maximum absolute atomic E-state index is 12.9. The van der Waals surface area contributed by atoms with E-state index >= 15 is 0 Å². The summed E-state index contributed by atoms with van der Waals surface area (Å²) in [5.74, 6) is -0.360. The van der Waals surface area contributed by atoms with E-state index in [9.17, 15) is 9.00 Å². The highest BCUT2D eigenvalue weighted by Crippen LogP contribution is 2.29. The molecule has 1 amide bonds. The lowest BCUT2D eigenvalue weighted by Gasteiger charge is -2.18. The van der Waals surface area contributed by atoms with Gasteiger partial charge in [0.1, 0.15) is 0 Å². The standard InChI is InChI=1S/C19H24ClN5O3S/c1-29(28)17-7-6-13(10-16(17)20)15(5-3-2-4-14(11-21)25-27)19(26)24-18-12-22-8-9-23-18/h6-10,12,15,27H,2-5,11,21H2,1H3,(H,23,24,26)/b25-14-. The van der Waals surface area contributed by atoms with Crippen LogP contribution in [0.4, 0.5) is 5.82 Å². The van der Waals surface area contributed by atoms with Crippen LogP contribution < -0.4 is 11.1 Å². The summed E-state index contributed by atoms with van der Waals surface area (Å²) in [5, 5.41) is 15.1. The number of halogens is 1. The third-order valence-corrected chi connectivity index (χ3v) is 5.78. The minimum absolute atomic E-state index is 0.193. The first kappa shape index (κ1) is 22.9. The summed E-state index contributed by atoms with van der Waals surface area (Å²) < 4.78 is 11.7. The second-order valence-corrected chi connectivity index (χ2v) is 8.15. The van der Waals surface area contributed by atoms with Crippen molar-refractivity contribution in [2.75, 3.05) is 18.1 Å². The first-order valence-electron chi connectivity index (χ1n) is 9.05. The fourth-order valence-corrected chi connectivity index (χ4v) is 3.97. The third-order valence-electron chi connectivity index (χ3n) is 4.38. The Balaban J connectivity index is 2.17. The molecule has 1 aromatic carbocycles. The molecule has 4 N–H and O–H groups in total. The summed E-state index contributed by atoms with van der Waals surface area (Å²) in [6.07, 6.45) is 8.56. The lowest BCUT2D eigenvalue weighted by molar-refractivity contribution is -0.117. The van der Waals surface area contributed by atoms with Gasteiger partial charge in [-0.25, -0.2) is 4.98 Å². The van der Waals surface area contributed by atoms with Crippen LogP contribution in [0.15, 0.2) is 46.8 Å². The fourth-order valence-electron chi connectivity index (χ4n) is 2.86. The lowest BCUT2D eigenvalue weighted by Crippen LogP contribution is -2.22. The Kier molecular flexibility index (Phi) is 9.17. The topological polar surface area (TPSA) is 131 Å². The van der Waals surface area contributed by atoms with Crippen molar-refractivity contribution in [3.8, 4) is 0 Å². The Hall–Kier alpha value is -2.36. The summed E-state index contributed by atoms with van der Waals surface area (Å²) in [6.45, 7) is 0.193. The molecule has 8 nitrogen and oxygen atoms in total. The highest BCUT2D eigenvalue weighted by molar-refractivity contribution is 7.84. The van der Waals surface area contributed by atoms with Gasteiger partial charge in [-0.15, -0.1) is 0 Å².